The van der Waals surface area contributed by atoms with Crippen LogP contribution in [-0.2, 0) is 16.0 Å². The second kappa shape index (κ2) is 9.53. The van der Waals surface area contributed by atoms with Gasteiger partial charge in [0.05, 0.1) is 45.8 Å². The van der Waals surface area contributed by atoms with Crippen LogP contribution in [0.1, 0.15) is 36.8 Å². The highest BCUT2D eigenvalue weighted by atomic mass is 16.7. The van der Waals surface area contributed by atoms with E-state index in [0.29, 0.717) is 23.9 Å². The molecule has 8 heteroatoms. The van der Waals surface area contributed by atoms with Crippen LogP contribution in [0.4, 0.5) is 0 Å². The molecule has 31 heavy (non-hydrogen) atoms. The van der Waals surface area contributed by atoms with Crippen molar-refractivity contribution in [1.82, 2.24) is 14.5 Å². The van der Waals surface area contributed by atoms with Crippen molar-refractivity contribution >= 4 is 11.0 Å². The highest BCUT2D eigenvalue weighted by molar-refractivity contribution is 5.74. The number of benzene rings is 1. The monoisotopic (exact) mass is 427 g/mol. The third-order valence-corrected chi connectivity index (χ3v) is 5.61. The summed E-state index contributed by atoms with van der Waals surface area (Å²) in [7, 11) is 4.83. The van der Waals surface area contributed by atoms with E-state index in [9.17, 15) is 0 Å². The van der Waals surface area contributed by atoms with Crippen LogP contribution in [0.2, 0.25) is 0 Å². The van der Waals surface area contributed by atoms with Crippen molar-refractivity contribution in [3.63, 3.8) is 0 Å². The molecule has 166 valence electrons. The maximum Gasteiger partial charge on any atom is 0.203 e. The minimum Gasteiger partial charge on any atom is -0.493 e. The van der Waals surface area contributed by atoms with E-state index < -0.39 is 0 Å². The minimum atomic E-state index is -0.214. The Morgan fingerprint density at radius 3 is 2.58 bits per heavy atom. The fourth-order valence-electron chi connectivity index (χ4n) is 4.08. The van der Waals surface area contributed by atoms with Gasteiger partial charge in [-0.05, 0) is 43.5 Å². The molecule has 2 atom stereocenters. The SMILES string of the molecule is COc1cc(C2CCC(OCCCn3c(C)nc4cnccc43)O2)cc(OC)c1OC. The van der Waals surface area contributed by atoms with Crippen molar-refractivity contribution < 1.29 is 23.7 Å². The average molecular weight is 428 g/mol. The molecule has 3 heterocycles. The van der Waals surface area contributed by atoms with E-state index in [0.717, 1.165) is 48.2 Å². The summed E-state index contributed by atoms with van der Waals surface area (Å²) >= 11 is 0. The van der Waals surface area contributed by atoms with Crippen LogP contribution in [0, 0.1) is 6.92 Å². The number of rotatable bonds is 9. The van der Waals surface area contributed by atoms with Crippen molar-refractivity contribution in [1.29, 1.82) is 0 Å². The molecule has 0 radical (unpaired) electrons. The number of hydrogen-bond acceptors (Lipinski definition) is 7. The lowest BCUT2D eigenvalue weighted by atomic mass is 10.1. The molecule has 2 unspecified atom stereocenters. The van der Waals surface area contributed by atoms with Crippen LogP contribution in [-0.4, -0.2) is 48.8 Å². The van der Waals surface area contributed by atoms with Gasteiger partial charge in [-0.3, -0.25) is 4.98 Å². The topological polar surface area (TPSA) is 76.9 Å². The molecule has 0 amide bonds. The van der Waals surface area contributed by atoms with Gasteiger partial charge in [0.1, 0.15) is 11.3 Å². The lowest BCUT2D eigenvalue weighted by Crippen LogP contribution is -2.14. The Balaban J connectivity index is 1.32. The first kappa shape index (κ1) is 21.4. The van der Waals surface area contributed by atoms with Crippen molar-refractivity contribution in [2.75, 3.05) is 27.9 Å². The lowest BCUT2D eigenvalue weighted by Gasteiger charge is -2.18. The first-order valence-electron chi connectivity index (χ1n) is 10.5. The van der Waals surface area contributed by atoms with E-state index in [-0.39, 0.29) is 12.4 Å². The average Bonchev–Trinajstić information content (AvgIpc) is 3.39. The predicted octanol–water partition coefficient (Wildman–Crippen LogP) is 4.05. The molecule has 1 aliphatic rings. The zero-order chi connectivity index (χ0) is 21.8. The van der Waals surface area contributed by atoms with Gasteiger partial charge in [-0.2, -0.15) is 0 Å². The minimum absolute atomic E-state index is 0.0638. The molecule has 8 nitrogen and oxygen atoms in total. The number of ether oxygens (including phenoxy) is 5. The van der Waals surface area contributed by atoms with Gasteiger partial charge in [0, 0.05) is 19.2 Å². The lowest BCUT2D eigenvalue weighted by molar-refractivity contribution is -0.135. The second-order valence-electron chi connectivity index (χ2n) is 7.49. The normalized spacial score (nSPS) is 18.5. The summed E-state index contributed by atoms with van der Waals surface area (Å²) in [6, 6.07) is 5.88. The molecule has 2 aromatic heterocycles. The van der Waals surface area contributed by atoms with E-state index >= 15 is 0 Å². The molecular weight excluding hydrogens is 398 g/mol. The molecule has 1 fully saturated rings. The number of methoxy groups -OCH3 is 3. The maximum atomic E-state index is 6.15. The smallest absolute Gasteiger partial charge is 0.203 e. The van der Waals surface area contributed by atoms with Crippen molar-refractivity contribution in [2.45, 2.75) is 45.1 Å². The second-order valence-corrected chi connectivity index (χ2v) is 7.49. The largest absolute Gasteiger partial charge is 0.493 e. The van der Waals surface area contributed by atoms with Gasteiger partial charge in [0.2, 0.25) is 5.75 Å². The van der Waals surface area contributed by atoms with Crippen molar-refractivity contribution in [3.05, 3.63) is 42.0 Å². The van der Waals surface area contributed by atoms with E-state index in [2.05, 4.69) is 14.5 Å². The van der Waals surface area contributed by atoms with Crippen LogP contribution < -0.4 is 14.2 Å². The predicted molar refractivity (Wildman–Crippen MR) is 116 cm³/mol. The van der Waals surface area contributed by atoms with Crippen molar-refractivity contribution in [3.8, 4) is 17.2 Å². The van der Waals surface area contributed by atoms with E-state index in [1.165, 1.54) is 0 Å². The highest BCUT2D eigenvalue weighted by Gasteiger charge is 2.29. The highest BCUT2D eigenvalue weighted by Crippen LogP contribution is 2.43. The summed E-state index contributed by atoms with van der Waals surface area (Å²) in [4.78, 5) is 8.70. The van der Waals surface area contributed by atoms with Crippen molar-refractivity contribution in [2.24, 2.45) is 0 Å². The summed E-state index contributed by atoms with van der Waals surface area (Å²) in [5.41, 5.74) is 3.02. The zero-order valence-corrected chi connectivity index (χ0v) is 18.5. The molecule has 0 bridgehead atoms. The zero-order valence-electron chi connectivity index (χ0n) is 18.5. The molecule has 0 spiro atoms. The van der Waals surface area contributed by atoms with E-state index in [4.69, 9.17) is 23.7 Å². The Hall–Kier alpha value is -2.84. The molecule has 4 rings (SSSR count). The number of imidazole rings is 1. The van der Waals surface area contributed by atoms with Crippen LogP contribution in [0.25, 0.3) is 11.0 Å². The molecule has 3 aromatic rings. The van der Waals surface area contributed by atoms with Gasteiger partial charge in [0.25, 0.3) is 0 Å². The van der Waals surface area contributed by atoms with Gasteiger partial charge >= 0.3 is 0 Å². The van der Waals surface area contributed by atoms with Gasteiger partial charge in [-0.15, -0.1) is 0 Å². The van der Waals surface area contributed by atoms with E-state index in [1.54, 1.807) is 33.7 Å². The molecule has 0 aliphatic carbocycles. The summed E-state index contributed by atoms with van der Waals surface area (Å²) in [6.07, 6.45) is 5.92. The number of pyridine rings is 1. The summed E-state index contributed by atoms with van der Waals surface area (Å²) in [5.74, 6) is 2.83. The van der Waals surface area contributed by atoms with Crippen LogP contribution >= 0.6 is 0 Å². The summed E-state index contributed by atoms with van der Waals surface area (Å²) in [6.45, 7) is 3.48. The maximum absolute atomic E-state index is 6.15. The molecule has 0 saturated carbocycles. The number of nitrogens with zero attached hydrogens (tertiary/aromatic N) is 3. The molecule has 0 N–H and O–H groups in total. The van der Waals surface area contributed by atoms with Gasteiger partial charge in [-0.1, -0.05) is 0 Å². The number of aryl methyl sites for hydroxylation is 2. The van der Waals surface area contributed by atoms with Gasteiger partial charge < -0.3 is 28.3 Å². The number of fused-ring (bicyclic) bond motifs is 1. The summed E-state index contributed by atoms with van der Waals surface area (Å²) < 4.78 is 30.7. The quantitative estimate of drug-likeness (QED) is 0.477. The Morgan fingerprint density at radius 2 is 1.87 bits per heavy atom. The molecule has 1 saturated heterocycles. The Morgan fingerprint density at radius 1 is 1.10 bits per heavy atom. The first-order chi connectivity index (χ1) is 15.1. The van der Waals surface area contributed by atoms with Crippen LogP contribution in [0.15, 0.2) is 30.6 Å². The molecule has 1 aromatic carbocycles. The fraction of sp³-hybridized carbons (Fsp3) is 0.478. The molecule has 1 aliphatic heterocycles. The third kappa shape index (κ3) is 4.45. The Bertz CT molecular complexity index is 1010. The Labute approximate surface area is 182 Å². The van der Waals surface area contributed by atoms with E-state index in [1.807, 2.05) is 25.1 Å². The number of aromatic nitrogens is 3. The van der Waals surface area contributed by atoms with Crippen LogP contribution in [0.5, 0.6) is 17.2 Å². The summed E-state index contributed by atoms with van der Waals surface area (Å²) in [5, 5.41) is 0. The van der Waals surface area contributed by atoms with Gasteiger partial charge in [-0.25, -0.2) is 4.98 Å². The van der Waals surface area contributed by atoms with Crippen LogP contribution in [0.3, 0.4) is 0 Å². The van der Waals surface area contributed by atoms with Gasteiger partial charge in [0.15, 0.2) is 17.8 Å². The molecular formula is C23H29N3O5. The number of hydrogen-bond donors (Lipinski definition) is 0. The standard InChI is InChI=1S/C23H29N3O5/c1-15-25-17-14-24-9-8-18(17)26(15)10-5-11-30-22-7-6-19(31-22)16-12-20(27-2)23(29-4)21(13-16)28-3/h8-9,12-14,19,22H,5-7,10-11H2,1-4H3. The third-order valence-electron chi connectivity index (χ3n) is 5.61. The fourth-order valence-corrected chi connectivity index (χ4v) is 4.08. The Kier molecular flexibility index (Phi) is 6.58. The first-order valence-corrected chi connectivity index (χ1v) is 10.5.